The van der Waals surface area contributed by atoms with E-state index in [0.717, 1.165) is 27.5 Å². The summed E-state index contributed by atoms with van der Waals surface area (Å²) in [6.07, 6.45) is 0. The molecule has 0 amide bonds. The molecule has 0 saturated carbocycles. The lowest BCUT2D eigenvalue weighted by Gasteiger charge is -2.12. The van der Waals surface area contributed by atoms with Crippen LogP contribution in [0.5, 0.6) is 5.75 Å². The lowest BCUT2D eigenvalue weighted by atomic mass is 10.0. The first kappa shape index (κ1) is 16.2. The van der Waals surface area contributed by atoms with Gasteiger partial charge in [0.15, 0.2) is 0 Å². The number of ether oxygens (including phenoxy) is 1. The van der Waals surface area contributed by atoms with Gasteiger partial charge < -0.3 is 19.2 Å². The quantitative estimate of drug-likeness (QED) is 0.568. The highest BCUT2D eigenvalue weighted by Crippen LogP contribution is 2.39. The average molecular weight is 344 g/mol. The zero-order chi connectivity index (χ0) is 18.4. The van der Waals surface area contributed by atoms with Crippen LogP contribution in [0.1, 0.15) is 21.6 Å². The van der Waals surface area contributed by atoms with Crippen LogP contribution in [0.25, 0.3) is 27.4 Å². The fraction of sp³-hybridized carbons (Fsp3) is 0.136. The van der Waals surface area contributed by atoms with Crippen molar-refractivity contribution >= 4 is 27.6 Å². The zero-order valence-corrected chi connectivity index (χ0v) is 14.9. The van der Waals surface area contributed by atoms with Gasteiger partial charge in [-0.2, -0.15) is 0 Å². The number of hydrogen-bond donors (Lipinski definition) is 0. The predicted octanol–water partition coefficient (Wildman–Crippen LogP) is 3.77. The Morgan fingerprint density at radius 3 is 2.23 bits per heavy atom. The maximum Gasteiger partial charge on any atom is 0.127 e. The molecule has 1 aromatic heterocycles. The summed E-state index contributed by atoms with van der Waals surface area (Å²) in [5.74, 6) is -0.535. The van der Waals surface area contributed by atoms with Crippen molar-refractivity contribution in [2.45, 2.75) is 13.8 Å². The van der Waals surface area contributed by atoms with E-state index < -0.39 is 5.97 Å². The maximum atomic E-state index is 11.9. The van der Waals surface area contributed by atoms with Crippen molar-refractivity contribution in [2.24, 2.45) is 0 Å². The van der Waals surface area contributed by atoms with Gasteiger partial charge in [-0.15, -0.1) is 0 Å². The Morgan fingerprint density at radius 1 is 0.962 bits per heavy atom. The minimum atomic E-state index is -1.18. The number of methoxy groups -OCH3 is 1. The SMILES string of the molecule is COc1cc2c(C(=O)[O-])c(C)n(-c3ccc(C)cc3)c2c2ccccc12. The zero-order valence-electron chi connectivity index (χ0n) is 14.9. The molecule has 26 heavy (non-hydrogen) atoms. The van der Waals surface area contributed by atoms with Crippen molar-refractivity contribution in [1.82, 2.24) is 4.57 Å². The molecule has 0 radical (unpaired) electrons. The van der Waals surface area contributed by atoms with Gasteiger partial charge >= 0.3 is 0 Å². The number of carboxylic acid groups (broad SMARTS) is 1. The van der Waals surface area contributed by atoms with Gasteiger partial charge in [-0.3, -0.25) is 0 Å². The molecule has 130 valence electrons. The Morgan fingerprint density at radius 2 is 1.62 bits per heavy atom. The summed E-state index contributed by atoms with van der Waals surface area (Å²) in [6.45, 7) is 3.84. The number of hydrogen-bond acceptors (Lipinski definition) is 3. The van der Waals surface area contributed by atoms with Crippen molar-refractivity contribution in [3.05, 3.63) is 71.4 Å². The molecule has 0 N–H and O–H groups in total. The van der Waals surface area contributed by atoms with Gasteiger partial charge in [0.25, 0.3) is 0 Å². The van der Waals surface area contributed by atoms with Gasteiger partial charge in [0, 0.05) is 33.1 Å². The largest absolute Gasteiger partial charge is 0.545 e. The highest BCUT2D eigenvalue weighted by atomic mass is 16.5. The first-order valence-corrected chi connectivity index (χ1v) is 8.42. The summed E-state index contributed by atoms with van der Waals surface area (Å²) in [7, 11) is 1.59. The van der Waals surface area contributed by atoms with E-state index in [4.69, 9.17) is 4.74 Å². The summed E-state index contributed by atoms with van der Waals surface area (Å²) >= 11 is 0. The lowest BCUT2D eigenvalue weighted by molar-refractivity contribution is -0.254. The van der Waals surface area contributed by atoms with E-state index in [1.807, 2.05) is 66.9 Å². The molecule has 1 heterocycles. The number of fused-ring (bicyclic) bond motifs is 3. The van der Waals surface area contributed by atoms with Crippen molar-refractivity contribution in [2.75, 3.05) is 7.11 Å². The highest BCUT2D eigenvalue weighted by Gasteiger charge is 2.20. The molecule has 4 nitrogen and oxygen atoms in total. The van der Waals surface area contributed by atoms with Crippen molar-refractivity contribution < 1.29 is 14.6 Å². The molecule has 4 rings (SSSR count). The Bertz CT molecular complexity index is 1150. The van der Waals surface area contributed by atoms with E-state index in [9.17, 15) is 9.90 Å². The normalized spacial score (nSPS) is 11.2. The first-order chi connectivity index (χ1) is 12.5. The molecule has 4 aromatic rings. The van der Waals surface area contributed by atoms with Crippen LogP contribution >= 0.6 is 0 Å². The third-order valence-electron chi connectivity index (χ3n) is 4.88. The monoisotopic (exact) mass is 344 g/mol. The van der Waals surface area contributed by atoms with Gasteiger partial charge in [-0.25, -0.2) is 0 Å². The average Bonchev–Trinajstić information content (AvgIpc) is 2.94. The van der Waals surface area contributed by atoms with Crippen LogP contribution in [0, 0.1) is 13.8 Å². The number of aromatic nitrogens is 1. The van der Waals surface area contributed by atoms with Crippen LogP contribution in [0.3, 0.4) is 0 Å². The van der Waals surface area contributed by atoms with E-state index in [1.165, 1.54) is 0 Å². The molecule has 0 saturated heterocycles. The van der Waals surface area contributed by atoms with Gasteiger partial charge in [0.05, 0.1) is 18.6 Å². The van der Waals surface area contributed by atoms with Gasteiger partial charge in [0.2, 0.25) is 0 Å². The number of carboxylic acids is 1. The van der Waals surface area contributed by atoms with Crippen LogP contribution in [-0.2, 0) is 0 Å². The summed E-state index contributed by atoms with van der Waals surface area (Å²) in [4.78, 5) is 11.9. The van der Waals surface area contributed by atoms with Crippen molar-refractivity contribution in [3.8, 4) is 11.4 Å². The molecule has 0 bridgehead atoms. The Hall–Kier alpha value is -3.27. The van der Waals surface area contributed by atoms with Gasteiger partial charge in [-0.05, 0) is 32.0 Å². The summed E-state index contributed by atoms with van der Waals surface area (Å²) in [6, 6.07) is 17.7. The summed E-state index contributed by atoms with van der Waals surface area (Å²) in [5, 5.41) is 14.4. The number of benzene rings is 3. The van der Waals surface area contributed by atoms with Crippen LogP contribution in [-0.4, -0.2) is 17.6 Å². The molecule has 0 fully saturated rings. The van der Waals surface area contributed by atoms with Crippen molar-refractivity contribution in [3.63, 3.8) is 0 Å². The molecule has 0 aliphatic heterocycles. The Kier molecular flexibility index (Phi) is 3.69. The molecule has 3 aromatic carbocycles. The van der Waals surface area contributed by atoms with Crippen LogP contribution in [0.15, 0.2) is 54.6 Å². The second-order valence-electron chi connectivity index (χ2n) is 6.44. The molecule has 0 aliphatic rings. The van der Waals surface area contributed by atoms with Crippen LogP contribution < -0.4 is 9.84 Å². The lowest BCUT2D eigenvalue weighted by Crippen LogP contribution is -2.23. The minimum Gasteiger partial charge on any atom is -0.545 e. The number of carbonyl (C=O) groups excluding carboxylic acids is 1. The Labute approximate surface area is 151 Å². The standard InChI is InChI=1S/C22H19NO3/c1-13-8-10-15(11-9-13)23-14(2)20(22(24)25)18-12-19(26-3)16-6-4-5-7-17(16)21(18)23/h4-12H,1-3H3,(H,24,25)/p-1. The van der Waals surface area contributed by atoms with E-state index in [2.05, 4.69) is 0 Å². The van der Waals surface area contributed by atoms with E-state index >= 15 is 0 Å². The number of aryl methyl sites for hydroxylation is 1. The van der Waals surface area contributed by atoms with Gasteiger partial charge in [-0.1, -0.05) is 42.0 Å². The van der Waals surface area contributed by atoms with E-state index in [0.29, 0.717) is 16.8 Å². The molecule has 0 aliphatic carbocycles. The topological polar surface area (TPSA) is 54.3 Å². The number of aromatic carboxylic acids is 1. The second-order valence-corrected chi connectivity index (χ2v) is 6.44. The number of carbonyl (C=O) groups is 1. The third-order valence-corrected chi connectivity index (χ3v) is 4.88. The molecule has 0 unspecified atom stereocenters. The third kappa shape index (κ3) is 2.26. The number of nitrogens with zero attached hydrogens (tertiary/aromatic N) is 1. The first-order valence-electron chi connectivity index (χ1n) is 8.42. The molecular weight excluding hydrogens is 326 g/mol. The van der Waals surface area contributed by atoms with Gasteiger partial charge in [0.1, 0.15) is 5.75 Å². The predicted molar refractivity (Wildman–Crippen MR) is 101 cm³/mol. The smallest absolute Gasteiger partial charge is 0.127 e. The van der Waals surface area contributed by atoms with E-state index in [-0.39, 0.29) is 5.56 Å². The summed E-state index contributed by atoms with van der Waals surface area (Å²) in [5.41, 5.74) is 3.75. The summed E-state index contributed by atoms with van der Waals surface area (Å²) < 4.78 is 7.51. The van der Waals surface area contributed by atoms with E-state index in [1.54, 1.807) is 13.2 Å². The van der Waals surface area contributed by atoms with Crippen LogP contribution in [0.4, 0.5) is 0 Å². The Balaban J connectivity index is 2.25. The highest BCUT2D eigenvalue weighted by molar-refractivity contribution is 6.16. The van der Waals surface area contributed by atoms with Crippen molar-refractivity contribution in [1.29, 1.82) is 0 Å². The fourth-order valence-electron chi connectivity index (χ4n) is 3.68. The fourth-order valence-corrected chi connectivity index (χ4v) is 3.68. The van der Waals surface area contributed by atoms with Crippen LogP contribution in [0.2, 0.25) is 0 Å². The molecule has 0 atom stereocenters. The minimum absolute atomic E-state index is 0.199. The second kappa shape index (κ2) is 5.92. The molecule has 0 spiro atoms. The molecular formula is C22H18NO3-. The maximum absolute atomic E-state index is 11.9. The number of rotatable bonds is 3. The molecule has 4 heteroatoms.